The van der Waals surface area contributed by atoms with Crippen LogP contribution in [0.3, 0.4) is 0 Å². The van der Waals surface area contributed by atoms with Gasteiger partial charge in [0.15, 0.2) is 5.60 Å². The van der Waals surface area contributed by atoms with E-state index in [1.54, 1.807) is 37.2 Å². The fourth-order valence-electron chi connectivity index (χ4n) is 3.50. The predicted molar refractivity (Wildman–Crippen MR) is 110 cm³/mol. The van der Waals surface area contributed by atoms with Crippen molar-refractivity contribution >= 4 is 23.2 Å². The molecule has 29 heavy (non-hydrogen) atoms. The van der Waals surface area contributed by atoms with Gasteiger partial charge in [-0.15, -0.1) is 0 Å². The second-order valence-corrected chi connectivity index (χ2v) is 7.49. The fourth-order valence-corrected chi connectivity index (χ4v) is 3.50. The maximum atomic E-state index is 12.9. The average Bonchev–Trinajstić information content (AvgIpc) is 2.98. The Kier molecular flexibility index (Phi) is 5.69. The van der Waals surface area contributed by atoms with E-state index in [2.05, 4.69) is 16.7 Å². The highest BCUT2D eigenvalue weighted by atomic mass is 16.7. The van der Waals surface area contributed by atoms with Crippen molar-refractivity contribution < 1.29 is 14.4 Å². The molecule has 0 radical (unpaired) electrons. The van der Waals surface area contributed by atoms with Gasteiger partial charge in [0.05, 0.1) is 17.7 Å². The zero-order valence-electron chi connectivity index (χ0n) is 16.9. The molecule has 2 aromatic carbocycles. The summed E-state index contributed by atoms with van der Waals surface area (Å²) in [6, 6.07) is 14.7. The van der Waals surface area contributed by atoms with Crippen molar-refractivity contribution in [3.05, 3.63) is 59.2 Å². The number of benzene rings is 2. The van der Waals surface area contributed by atoms with Gasteiger partial charge in [-0.05, 0) is 55.3 Å². The maximum Gasteiger partial charge on any atom is 0.258 e. The second kappa shape index (κ2) is 8.03. The van der Waals surface area contributed by atoms with Gasteiger partial charge < -0.3 is 10.6 Å². The van der Waals surface area contributed by atoms with Gasteiger partial charge in [-0.3, -0.25) is 14.4 Å². The number of nitriles is 1. The summed E-state index contributed by atoms with van der Waals surface area (Å²) in [5.74, 6) is -0.368. The van der Waals surface area contributed by atoms with Crippen molar-refractivity contribution in [3.63, 3.8) is 0 Å². The Morgan fingerprint density at radius 3 is 2.41 bits per heavy atom. The van der Waals surface area contributed by atoms with Crippen LogP contribution in [-0.2, 0) is 14.4 Å². The number of carbonyl (C=O) groups is 2. The fraction of sp³-hybridized carbons (Fsp3) is 0.318. The largest absolute Gasteiger partial charge is 0.326 e. The van der Waals surface area contributed by atoms with Gasteiger partial charge >= 0.3 is 0 Å². The lowest BCUT2D eigenvalue weighted by Crippen LogP contribution is -2.40. The molecule has 2 unspecified atom stereocenters. The van der Waals surface area contributed by atoms with Gasteiger partial charge in [0.25, 0.3) is 5.91 Å². The zero-order valence-corrected chi connectivity index (χ0v) is 16.9. The van der Waals surface area contributed by atoms with Crippen molar-refractivity contribution in [1.82, 2.24) is 5.06 Å². The number of aryl methyl sites for hydroxylation is 1. The molecule has 0 aliphatic carbocycles. The molecule has 1 saturated heterocycles. The van der Waals surface area contributed by atoms with Crippen LogP contribution in [-0.4, -0.2) is 29.5 Å². The maximum absolute atomic E-state index is 12.9. The van der Waals surface area contributed by atoms with Crippen molar-refractivity contribution in [1.29, 1.82) is 5.26 Å². The van der Waals surface area contributed by atoms with Gasteiger partial charge in [-0.1, -0.05) is 12.1 Å². The molecule has 0 spiro atoms. The quantitative estimate of drug-likeness (QED) is 0.830. The van der Waals surface area contributed by atoms with Gasteiger partial charge in [-0.25, -0.2) is 0 Å². The molecule has 2 atom stereocenters. The minimum absolute atomic E-state index is 0.0974. The Morgan fingerprint density at radius 1 is 1.17 bits per heavy atom. The molecule has 1 aliphatic rings. The van der Waals surface area contributed by atoms with Crippen LogP contribution in [0.5, 0.6) is 0 Å². The summed E-state index contributed by atoms with van der Waals surface area (Å²) >= 11 is 0. The van der Waals surface area contributed by atoms with Gasteiger partial charge in [0.2, 0.25) is 5.91 Å². The number of nitrogens with one attached hydrogen (secondary N) is 2. The number of nitrogens with zero attached hydrogens (tertiary/aromatic N) is 2. The molecule has 1 heterocycles. The standard InChI is InChI=1S/C22H24N4O3/c1-14-11-19(10-7-17(14)13-23)25-21(28)22(3)12-20(26(4)29-22)16-5-8-18(9-6-16)24-15(2)27/h5-11,20H,12H2,1-4H3,(H,24,27)(H,25,28). The van der Waals surface area contributed by atoms with E-state index >= 15 is 0 Å². The molecule has 1 aliphatic heterocycles. The Bertz CT molecular complexity index is 981. The summed E-state index contributed by atoms with van der Waals surface area (Å²) in [4.78, 5) is 30.0. The lowest BCUT2D eigenvalue weighted by molar-refractivity contribution is -0.188. The number of hydroxylamine groups is 2. The molecule has 0 aromatic heterocycles. The molecular weight excluding hydrogens is 368 g/mol. The summed E-state index contributed by atoms with van der Waals surface area (Å²) in [5.41, 5.74) is 2.69. The molecule has 7 nitrogen and oxygen atoms in total. The van der Waals surface area contributed by atoms with Crippen molar-refractivity contribution in [3.8, 4) is 6.07 Å². The molecule has 7 heteroatoms. The highest BCUT2D eigenvalue weighted by Gasteiger charge is 2.47. The minimum atomic E-state index is -1.03. The molecule has 2 N–H and O–H groups in total. The first-order chi connectivity index (χ1) is 13.7. The van der Waals surface area contributed by atoms with E-state index in [4.69, 9.17) is 10.1 Å². The molecule has 0 bridgehead atoms. The van der Waals surface area contributed by atoms with Crippen molar-refractivity contribution in [2.75, 3.05) is 17.7 Å². The number of hydrogen-bond acceptors (Lipinski definition) is 5. The van der Waals surface area contributed by atoms with Gasteiger partial charge in [0.1, 0.15) is 0 Å². The van der Waals surface area contributed by atoms with Crippen LogP contribution in [0.25, 0.3) is 0 Å². The van der Waals surface area contributed by atoms with Crippen LogP contribution < -0.4 is 10.6 Å². The summed E-state index contributed by atoms with van der Waals surface area (Å²) in [7, 11) is 1.80. The highest BCUT2D eigenvalue weighted by molar-refractivity contribution is 5.97. The van der Waals surface area contributed by atoms with Crippen molar-refractivity contribution in [2.24, 2.45) is 0 Å². The van der Waals surface area contributed by atoms with E-state index in [0.717, 1.165) is 16.8 Å². The van der Waals surface area contributed by atoms with E-state index < -0.39 is 5.60 Å². The normalized spacial score (nSPS) is 21.4. The lowest BCUT2D eigenvalue weighted by atomic mass is 9.93. The molecule has 3 rings (SSSR count). The summed E-state index contributed by atoms with van der Waals surface area (Å²) in [6.07, 6.45) is 0.476. The second-order valence-electron chi connectivity index (χ2n) is 7.49. The van der Waals surface area contributed by atoms with Crippen LogP contribution >= 0.6 is 0 Å². The first kappa shape index (κ1) is 20.5. The SMILES string of the molecule is CC(=O)Nc1ccc(C2CC(C)(C(=O)Nc3ccc(C#N)c(C)c3)ON2C)cc1. The lowest BCUT2D eigenvalue weighted by Gasteiger charge is -2.22. The molecule has 1 fully saturated rings. The Morgan fingerprint density at radius 2 is 1.83 bits per heavy atom. The van der Waals surface area contributed by atoms with Crippen LogP contribution in [0.1, 0.15) is 43.0 Å². The monoisotopic (exact) mass is 392 g/mol. The van der Waals surface area contributed by atoms with E-state index in [0.29, 0.717) is 17.7 Å². The number of amides is 2. The van der Waals surface area contributed by atoms with E-state index in [1.807, 2.05) is 31.2 Å². The zero-order chi connectivity index (χ0) is 21.2. The third kappa shape index (κ3) is 4.45. The number of rotatable bonds is 4. The molecule has 0 saturated carbocycles. The summed E-state index contributed by atoms with van der Waals surface area (Å²) in [6.45, 7) is 5.06. The van der Waals surface area contributed by atoms with Crippen LogP contribution in [0.15, 0.2) is 42.5 Å². The molecule has 2 aromatic rings. The Hall–Kier alpha value is -3.21. The highest BCUT2D eigenvalue weighted by Crippen LogP contribution is 2.40. The Labute approximate surface area is 170 Å². The number of anilines is 2. The minimum Gasteiger partial charge on any atom is -0.326 e. The smallest absolute Gasteiger partial charge is 0.258 e. The summed E-state index contributed by atoms with van der Waals surface area (Å²) < 4.78 is 0. The number of carbonyl (C=O) groups excluding carboxylic acids is 2. The molecule has 150 valence electrons. The van der Waals surface area contributed by atoms with E-state index in [-0.39, 0.29) is 17.9 Å². The van der Waals surface area contributed by atoms with Crippen molar-refractivity contribution in [2.45, 2.75) is 38.8 Å². The first-order valence-corrected chi connectivity index (χ1v) is 9.33. The van der Waals surface area contributed by atoms with Gasteiger partial charge in [-0.2, -0.15) is 10.3 Å². The van der Waals surface area contributed by atoms with E-state index in [1.165, 1.54) is 6.92 Å². The van der Waals surface area contributed by atoms with Crippen LogP contribution in [0, 0.1) is 18.3 Å². The summed E-state index contributed by atoms with van der Waals surface area (Å²) in [5, 5.41) is 16.4. The van der Waals surface area contributed by atoms with E-state index in [9.17, 15) is 9.59 Å². The molecular formula is C22H24N4O3. The molecule has 2 amide bonds. The predicted octanol–water partition coefficient (Wildman–Crippen LogP) is 3.53. The van der Waals surface area contributed by atoms with Gasteiger partial charge in [0, 0.05) is 31.8 Å². The van der Waals surface area contributed by atoms with Crippen LogP contribution in [0.2, 0.25) is 0 Å². The average molecular weight is 392 g/mol. The van der Waals surface area contributed by atoms with Crippen LogP contribution in [0.4, 0.5) is 11.4 Å². The Balaban J connectivity index is 1.72. The third-order valence-electron chi connectivity index (χ3n) is 5.07. The third-order valence-corrected chi connectivity index (χ3v) is 5.07. The number of hydrogen-bond donors (Lipinski definition) is 2. The topological polar surface area (TPSA) is 94.5 Å². The first-order valence-electron chi connectivity index (χ1n) is 9.33.